The van der Waals surface area contributed by atoms with E-state index in [4.69, 9.17) is 9.72 Å². The SMILES string of the molecule is CCCOc1ccc(/C=N/NC(=O)c2cc(-c3ccccc3)nc(N3CCCCC3)n2)cc1. The molecule has 0 atom stereocenters. The van der Waals surface area contributed by atoms with Crippen LogP contribution in [0.3, 0.4) is 0 Å². The summed E-state index contributed by atoms with van der Waals surface area (Å²) >= 11 is 0. The minimum Gasteiger partial charge on any atom is -0.494 e. The second kappa shape index (κ2) is 11.2. The largest absolute Gasteiger partial charge is 0.494 e. The molecule has 3 aromatic rings. The summed E-state index contributed by atoms with van der Waals surface area (Å²) in [6, 6.07) is 19.1. The Hall–Kier alpha value is -3.74. The number of hydrogen-bond donors (Lipinski definition) is 1. The Labute approximate surface area is 194 Å². The quantitative estimate of drug-likeness (QED) is 0.404. The van der Waals surface area contributed by atoms with Crippen LogP contribution in [0.5, 0.6) is 5.75 Å². The summed E-state index contributed by atoms with van der Waals surface area (Å²) in [7, 11) is 0. The Balaban J connectivity index is 1.50. The molecule has 1 saturated heterocycles. The number of anilines is 1. The van der Waals surface area contributed by atoms with Crippen LogP contribution in [0.25, 0.3) is 11.3 Å². The van der Waals surface area contributed by atoms with E-state index in [1.54, 1.807) is 12.3 Å². The predicted molar refractivity (Wildman–Crippen MR) is 131 cm³/mol. The maximum atomic E-state index is 12.9. The van der Waals surface area contributed by atoms with Gasteiger partial charge in [-0.15, -0.1) is 0 Å². The van der Waals surface area contributed by atoms with Crippen molar-refractivity contribution in [3.8, 4) is 17.0 Å². The van der Waals surface area contributed by atoms with Crippen LogP contribution in [0.2, 0.25) is 0 Å². The van der Waals surface area contributed by atoms with Crippen LogP contribution < -0.4 is 15.1 Å². The van der Waals surface area contributed by atoms with Gasteiger partial charge < -0.3 is 9.64 Å². The normalized spacial score (nSPS) is 13.8. The minimum absolute atomic E-state index is 0.296. The highest BCUT2D eigenvalue weighted by molar-refractivity contribution is 5.94. The van der Waals surface area contributed by atoms with Crippen molar-refractivity contribution in [1.82, 2.24) is 15.4 Å². The summed E-state index contributed by atoms with van der Waals surface area (Å²) in [6.45, 7) is 4.55. The van der Waals surface area contributed by atoms with Gasteiger partial charge in [0.1, 0.15) is 11.4 Å². The number of hydrogen-bond acceptors (Lipinski definition) is 6. The fraction of sp³-hybridized carbons (Fsp3) is 0.308. The Morgan fingerprint density at radius 3 is 2.55 bits per heavy atom. The molecule has 170 valence electrons. The molecule has 0 radical (unpaired) electrons. The smallest absolute Gasteiger partial charge is 0.290 e. The van der Waals surface area contributed by atoms with Crippen LogP contribution in [0.15, 0.2) is 65.8 Å². The van der Waals surface area contributed by atoms with Crippen molar-refractivity contribution in [2.75, 3.05) is 24.6 Å². The van der Waals surface area contributed by atoms with E-state index in [2.05, 4.69) is 27.3 Å². The standard InChI is InChI=1S/C26H29N5O2/c1-2-17-33-22-13-11-20(12-14-22)19-27-30-25(32)24-18-23(21-9-5-3-6-10-21)28-26(29-24)31-15-7-4-8-16-31/h3,5-6,9-14,18-19H,2,4,7-8,15-17H2,1H3,(H,30,32)/b27-19+. The van der Waals surface area contributed by atoms with Gasteiger partial charge in [-0.2, -0.15) is 5.10 Å². The average Bonchev–Trinajstić information content (AvgIpc) is 2.89. The zero-order valence-corrected chi connectivity index (χ0v) is 18.9. The first kappa shape index (κ1) is 22.5. The lowest BCUT2D eigenvalue weighted by atomic mass is 10.1. The molecule has 1 amide bonds. The van der Waals surface area contributed by atoms with E-state index < -0.39 is 0 Å². The van der Waals surface area contributed by atoms with Gasteiger partial charge >= 0.3 is 0 Å². The predicted octanol–water partition coefficient (Wildman–Crippen LogP) is 4.69. The van der Waals surface area contributed by atoms with Gasteiger partial charge in [0, 0.05) is 18.7 Å². The maximum absolute atomic E-state index is 12.9. The summed E-state index contributed by atoms with van der Waals surface area (Å²) in [4.78, 5) is 24.3. The van der Waals surface area contributed by atoms with Gasteiger partial charge in [0.2, 0.25) is 5.95 Å². The number of nitrogens with zero attached hydrogens (tertiary/aromatic N) is 4. The van der Waals surface area contributed by atoms with Crippen LogP contribution in [0.4, 0.5) is 5.95 Å². The van der Waals surface area contributed by atoms with E-state index in [-0.39, 0.29) is 5.91 Å². The number of ether oxygens (including phenoxy) is 1. The lowest BCUT2D eigenvalue weighted by molar-refractivity contribution is 0.0950. The summed E-state index contributed by atoms with van der Waals surface area (Å²) in [5.74, 6) is 1.04. The van der Waals surface area contributed by atoms with E-state index in [9.17, 15) is 4.79 Å². The number of carbonyl (C=O) groups is 1. The molecule has 1 aliphatic heterocycles. The van der Waals surface area contributed by atoms with E-state index >= 15 is 0 Å². The molecular weight excluding hydrogens is 414 g/mol. The highest BCUT2D eigenvalue weighted by Gasteiger charge is 2.18. The topological polar surface area (TPSA) is 79.7 Å². The molecule has 7 nitrogen and oxygen atoms in total. The van der Waals surface area contributed by atoms with Gasteiger partial charge in [0.15, 0.2) is 0 Å². The van der Waals surface area contributed by atoms with Gasteiger partial charge in [0.25, 0.3) is 5.91 Å². The number of nitrogens with one attached hydrogen (secondary N) is 1. The molecule has 1 N–H and O–H groups in total. The highest BCUT2D eigenvalue weighted by Crippen LogP contribution is 2.23. The van der Waals surface area contributed by atoms with Crippen LogP contribution in [0, 0.1) is 0 Å². The fourth-order valence-electron chi connectivity index (χ4n) is 3.64. The molecule has 1 fully saturated rings. The number of benzene rings is 2. The first-order chi connectivity index (χ1) is 16.2. The molecule has 7 heteroatoms. The molecule has 0 bridgehead atoms. The number of hydrazone groups is 1. The van der Waals surface area contributed by atoms with Gasteiger partial charge in [-0.25, -0.2) is 15.4 Å². The second-order valence-electron chi connectivity index (χ2n) is 7.97. The van der Waals surface area contributed by atoms with Gasteiger partial charge in [-0.3, -0.25) is 4.79 Å². The van der Waals surface area contributed by atoms with Gasteiger partial charge in [-0.1, -0.05) is 37.3 Å². The number of piperidine rings is 1. The van der Waals surface area contributed by atoms with Crippen molar-refractivity contribution >= 4 is 18.1 Å². The van der Waals surface area contributed by atoms with Crippen LogP contribution in [-0.2, 0) is 0 Å². The van der Waals surface area contributed by atoms with Crippen molar-refractivity contribution in [1.29, 1.82) is 0 Å². The third-order valence-corrected chi connectivity index (χ3v) is 5.39. The third-order valence-electron chi connectivity index (χ3n) is 5.39. The zero-order chi connectivity index (χ0) is 22.9. The first-order valence-electron chi connectivity index (χ1n) is 11.5. The van der Waals surface area contributed by atoms with E-state index in [1.807, 2.05) is 54.6 Å². The Kier molecular flexibility index (Phi) is 7.64. The summed E-state index contributed by atoms with van der Waals surface area (Å²) in [5, 5.41) is 4.11. The molecule has 4 rings (SSSR count). The van der Waals surface area contributed by atoms with Crippen LogP contribution in [0.1, 0.15) is 48.7 Å². The third kappa shape index (κ3) is 6.16. The van der Waals surface area contributed by atoms with E-state index in [0.29, 0.717) is 18.2 Å². The Bertz CT molecular complexity index is 1080. The number of rotatable bonds is 8. The van der Waals surface area contributed by atoms with Crippen molar-refractivity contribution < 1.29 is 9.53 Å². The fourth-order valence-corrected chi connectivity index (χ4v) is 3.64. The van der Waals surface area contributed by atoms with E-state index in [1.165, 1.54) is 6.42 Å². The molecule has 33 heavy (non-hydrogen) atoms. The molecule has 0 spiro atoms. The van der Waals surface area contributed by atoms with Gasteiger partial charge in [-0.05, 0) is 61.6 Å². The van der Waals surface area contributed by atoms with Crippen LogP contribution >= 0.6 is 0 Å². The molecule has 0 unspecified atom stereocenters. The first-order valence-corrected chi connectivity index (χ1v) is 11.5. The summed E-state index contributed by atoms with van der Waals surface area (Å²) in [6.07, 6.45) is 5.98. The second-order valence-corrected chi connectivity index (χ2v) is 7.97. The highest BCUT2D eigenvalue weighted by atomic mass is 16.5. The molecule has 1 aliphatic rings. The van der Waals surface area contributed by atoms with Crippen molar-refractivity contribution in [3.05, 3.63) is 71.9 Å². The van der Waals surface area contributed by atoms with Crippen molar-refractivity contribution in [2.45, 2.75) is 32.6 Å². The monoisotopic (exact) mass is 443 g/mol. The number of aromatic nitrogens is 2. The van der Waals surface area contributed by atoms with Crippen molar-refractivity contribution in [2.24, 2.45) is 5.10 Å². The molecule has 2 aromatic carbocycles. The summed E-state index contributed by atoms with van der Waals surface area (Å²) < 4.78 is 5.59. The average molecular weight is 444 g/mol. The maximum Gasteiger partial charge on any atom is 0.290 e. The minimum atomic E-state index is -0.369. The molecule has 0 aliphatic carbocycles. The van der Waals surface area contributed by atoms with Crippen LogP contribution in [-0.4, -0.2) is 41.8 Å². The van der Waals surface area contributed by atoms with Gasteiger partial charge in [0.05, 0.1) is 18.5 Å². The number of carbonyl (C=O) groups excluding carboxylic acids is 1. The molecule has 2 heterocycles. The Morgan fingerprint density at radius 1 is 1.06 bits per heavy atom. The lowest BCUT2D eigenvalue weighted by Crippen LogP contribution is -2.32. The Morgan fingerprint density at radius 2 is 1.82 bits per heavy atom. The molecular formula is C26H29N5O2. The molecule has 1 aromatic heterocycles. The van der Waals surface area contributed by atoms with Crippen molar-refractivity contribution in [3.63, 3.8) is 0 Å². The number of amides is 1. The lowest BCUT2D eigenvalue weighted by Gasteiger charge is -2.27. The zero-order valence-electron chi connectivity index (χ0n) is 18.9. The summed E-state index contributed by atoms with van der Waals surface area (Å²) in [5.41, 5.74) is 5.42. The van der Waals surface area contributed by atoms with E-state index in [0.717, 1.165) is 54.9 Å². The molecule has 0 saturated carbocycles.